The second-order valence-corrected chi connectivity index (χ2v) is 4.78. The maximum atomic E-state index is 11.6. The Morgan fingerprint density at radius 2 is 2.40 bits per heavy atom. The first kappa shape index (κ1) is 10.4. The van der Waals surface area contributed by atoms with Gasteiger partial charge in [-0.25, -0.2) is 0 Å². The number of allylic oxidation sites excluding steroid dienone is 1. The van der Waals surface area contributed by atoms with Crippen LogP contribution in [0.5, 0.6) is 0 Å². The van der Waals surface area contributed by atoms with Crippen molar-refractivity contribution in [3.63, 3.8) is 0 Å². The molecule has 0 unspecified atom stereocenters. The Morgan fingerprint density at radius 1 is 1.53 bits per heavy atom. The number of rotatable bonds is 3. The zero-order chi connectivity index (χ0) is 10.7. The number of hydrogen-bond acceptors (Lipinski definition) is 2. The third-order valence-electron chi connectivity index (χ3n) is 1.85. The molecule has 0 aliphatic carbocycles. The van der Waals surface area contributed by atoms with Crippen molar-refractivity contribution in [2.75, 3.05) is 0 Å². The van der Waals surface area contributed by atoms with Crippen LogP contribution in [0.15, 0.2) is 40.3 Å². The Kier molecular flexibility index (Phi) is 3.18. The molecule has 2 aromatic rings. The van der Waals surface area contributed by atoms with Crippen LogP contribution < -0.4 is 0 Å². The lowest BCUT2D eigenvalue weighted by Gasteiger charge is -1.87. The van der Waals surface area contributed by atoms with Crippen LogP contribution in [0.1, 0.15) is 15.4 Å². The molecule has 0 aromatic carbocycles. The van der Waals surface area contributed by atoms with E-state index in [1.165, 1.54) is 11.3 Å². The Bertz CT molecular complexity index is 484. The molecule has 0 amide bonds. The minimum Gasteiger partial charge on any atom is -0.362 e. The SMILES string of the molecule is O=C(/C=C/c1ccc[nH]1)c1cc(Br)cs1. The molecular formula is C11H8BrNOS. The van der Waals surface area contributed by atoms with Crippen LogP contribution in [0.4, 0.5) is 0 Å². The van der Waals surface area contributed by atoms with Gasteiger partial charge in [-0.15, -0.1) is 11.3 Å². The van der Waals surface area contributed by atoms with Crippen molar-refractivity contribution in [2.24, 2.45) is 0 Å². The van der Waals surface area contributed by atoms with Gasteiger partial charge >= 0.3 is 0 Å². The molecule has 0 fully saturated rings. The average Bonchev–Trinajstić information content (AvgIpc) is 2.84. The van der Waals surface area contributed by atoms with E-state index < -0.39 is 0 Å². The van der Waals surface area contributed by atoms with Gasteiger partial charge in [0.15, 0.2) is 5.78 Å². The van der Waals surface area contributed by atoms with Gasteiger partial charge in [0.1, 0.15) is 0 Å². The standard InChI is InChI=1S/C11H8BrNOS/c12-8-6-11(15-7-8)10(14)4-3-9-2-1-5-13-9/h1-7,13H/b4-3+. The molecule has 0 aliphatic heterocycles. The summed E-state index contributed by atoms with van der Waals surface area (Å²) in [7, 11) is 0. The Labute approximate surface area is 99.8 Å². The third kappa shape index (κ3) is 2.67. The number of H-pyrrole nitrogens is 1. The molecule has 2 rings (SSSR count). The molecular weight excluding hydrogens is 274 g/mol. The van der Waals surface area contributed by atoms with Crippen LogP contribution in [0.2, 0.25) is 0 Å². The van der Waals surface area contributed by atoms with E-state index in [0.717, 1.165) is 15.0 Å². The smallest absolute Gasteiger partial charge is 0.195 e. The van der Waals surface area contributed by atoms with Crippen molar-refractivity contribution in [3.05, 3.63) is 50.9 Å². The van der Waals surface area contributed by atoms with Crippen molar-refractivity contribution in [3.8, 4) is 0 Å². The van der Waals surface area contributed by atoms with Gasteiger partial charge in [-0.3, -0.25) is 4.79 Å². The summed E-state index contributed by atoms with van der Waals surface area (Å²) in [5, 5.41) is 1.90. The second-order valence-electron chi connectivity index (χ2n) is 2.95. The van der Waals surface area contributed by atoms with E-state index in [1.54, 1.807) is 12.2 Å². The summed E-state index contributed by atoms with van der Waals surface area (Å²) in [5.41, 5.74) is 0.930. The van der Waals surface area contributed by atoms with Gasteiger partial charge in [0, 0.05) is 21.7 Å². The fourth-order valence-electron chi connectivity index (χ4n) is 1.14. The molecule has 2 heterocycles. The molecule has 0 atom stereocenters. The van der Waals surface area contributed by atoms with E-state index in [4.69, 9.17) is 0 Å². The van der Waals surface area contributed by atoms with Crippen molar-refractivity contribution < 1.29 is 4.79 Å². The highest BCUT2D eigenvalue weighted by molar-refractivity contribution is 9.10. The van der Waals surface area contributed by atoms with Crippen molar-refractivity contribution in [1.82, 2.24) is 4.98 Å². The fraction of sp³-hybridized carbons (Fsp3) is 0. The topological polar surface area (TPSA) is 32.9 Å². The molecule has 1 N–H and O–H groups in total. The molecule has 2 nitrogen and oxygen atoms in total. The minimum atomic E-state index is 0.0281. The lowest BCUT2D eigenvalue weighted by Crippen LogP contribution is -1.88. The first-order valence-corrected chi connectivity index (χ1v) is 6.03. The summed E-state index contributed by atoms with van der Waals surface area (Å²) in [4.78, 5) is 15.4. The van der Waals surface area contributed by atoms with Crippen molar-refractivity contribution >= 4 is 39.1 Å². The monoisotopic (exact) mass is 281 g/mol. The third-order valence-corrected chi connectivity index (χ3v) is 3.55. The predicted molar refractivity (Wildman–Crippen MR) is 66.2 cm³/mol. The molecule has 0 radical (unpaired) electrons. The lowest BCUT2D eigenvalue weighted by atomic mass is 10.3. The molecule has 0 saturated carbocycles. The van der Waals surface area contributed by atoms with Gasteiger partial charge < -0.3 is 4.98 Å². The molecule has 0 saturated heterocycles. The van der Waals surface area contributed by atoms with E-state index in [0.29, 0.717) is 0 Å². The summed E-state index contributed by atoms with van der Waals surface area (Å²) in [6, 6.07) is 5.63. The summed E-state index contributed by atoms with van der Waals surface area (Å²) in [6.45, 7) is 0. The summed E-state index contributed by atoms with van der Waals surface area (Å²) in [6.07, 6.45) is 5.17. The van der Waals surface area contributed by atoms with Gasteiger partial charge in [-0.05, 0) is 46.3 Å². The number of aromatic nitrogens is 1. The molecule has 0 bridgehead atoms. The number of halogens is 1. The predicted octanol–water partition coefficient (Wildman–Crippen LogP) is 3.73. The Morgan fingerprint density at radius 3 is 3.00 bits per heavy atom. The van der Waals surface area contributed by atoms with E-state index in [-0.39, 0.29) is 5.78 Å². The average molecular weight is 282 g/mol. The van der Waals surface area contributed by atoms with Gasteiger partial charge in [0.2, 0.25) is 0 Å². The number of nitrogens with one attached hydrogen (secondary N) is 1. The van der Waals surface area contributed by atoms with E-state index in [2.05, 4.69) is 20.9 Å². The highest BCUT2D eigenvalue weighted by Gasteiger charge is 2.04. The van der Waals surface area contributed by atoms with E-state index in [1.807, 2.05) is 29.8 Å². The van der Waals surface area contributed by atoms with Gasteiger partial charge in [0.05, 0.1) is 4.88 Å². The summed E-state index contributed by atoms with van der Waals surface area (Å²) >= 11 is 4.76. The number of thiophene rings is 1. The number of aromatic amines is 1. The van der Waals surface area contributed by atoms with Crippen LogP contribution >= 0.6 is 27.3 Å². The zero-order valence-electron chi connectivity index (χ0n) is 7.74. The van der Waals surface area contributed by atoms with Crippen molar-refractivity contribution in [1.29, 1.82) is 0 Å². The first-order valence-electron chi connectivity index (χ1n) is 4.35. The summed E-state index contributed by atoms with van der Waals surface area (Å²) < 4.78 is 0.948. The van der Waals surface area contributed by atoms with Crippen LogP contribution in [0.3, 0.4) is 0 Å². The highest BCUT2D eigenvalue weighted by atomic mass is 79.9. The molecule has 4 heteroatoms. The van der Waals surface area contributed by atoms with Crippen LogP contribution in [-0.4, -0.2) is 10.8 Å². The Hall–Kier alpha value is -1.13. The first-order chi connectivity index (χ1) is 7.25. The number of carbonyl (C=O) groups excluding carboxylic acids is 1. The van der Waals surface area contributed by atoms with Crippen molar-refractivity contribution in [2.45, 2.75) is 0 Å². The lowest BCUT2D eigenvalue weighted by molar-refractivity contribution is 0.105. The maximum absolute atomic E-state index is 11.6. The normalized spacial score (nSPS) is 11.0. The van der Waals surface area contributed by atoms with Crippen LogP contribution in [-0.2, 0) is 0 Å². The van der Waals surface area contributed by atoms with E-state index >= 15 is 0 Å². The number of carbonyl (C=O) groups is 1. The molecule has 15 heavy (non-hydrogen) atoms. The zero-order valence-corrected chi connectivity index (χ0v) is 10.1. The number of hydrogen-bond donors (Lipinski definition) is 1. The summed E-state index contributed by atoms with van der Waals surface area (Å²) in [5.74, 6) is 0.0281. The number of ketones is 1. The fourth-order valence-corrected chi connectivity index (χ4v) is 2.49. The van der Waals surface area contributed by atoms with Gasteiger partial charge in [0.25, 0.3) is 0 Å². The Balaban J connectivity index is 2.10. The highest BCUT2D eigenvalue weighted by Crippen LogP contribution is 2.20. The minimum absolute atomic E-state index is 0.0281. The largest absolute Gasteiger partial charge is 0.362 e. The van der Waals surface area contributed by atoms with Gasteiger partial charge in [-0.1, -0.05) is 0 Å². The van der Waals surface area contributed by atoms with Crippen LogP contribution in [0, 0.1) is 0 Å². The van der Waals surface area contributed by atoms with Crippen LogP contribution in [0.25, 0.3) is 6.08 Å². The molecule has 0 aliphatic rings. The quantitative estimate of drug-likeness (QED) is 0.675. The second kappa shape index (κ2) is 4.59. The molecule has 2 aromatic heterocycles. The molecule has 0 spiro atoms. The molecule has 76 valence electrons. The van der Waals surface area contributed by atoms with E-state index in [9.17, 15) is 4.79 Å². The maximum Gasteiger partial charge on any atom is 0.195 e. The van der Waals surface area contributed by atoms with Gasteiger partial charge in [-0.2, -0.15) is 0 Å².